The van der Waals surface area contributed by atoms with Crippen LogP contribution in [-0.4, -0.2) is 4.92 Å². The van der Waals surface area contributed by atoms with Crippen LogP contribution in [0.2, 0.25) is 0 Å². The number of furan rings is 1. The molecule has 0 aliphatic rings. The Morgan fingerprint density at radius 3 is 2.62 bits per heavy atom. The van der Waals surface area contributed by atoms with E-state index in [9.17, 15) is 10.1 Å². The summed E-state index contributed by atoms with van der Waals surface area (Å²) in [6.45, 7) is 0. The number of nitro groups is 1. The minimum atomic E-state index is -0.401. The Hall–Kier alpha value is -2.36. The zero-order valence-corrected chi connectivity index (χ0v) is 8.37. The van der Waals surface area contributed by atoms with Crippen LogP contribution >= 0.6 is 0 Å². The number of nitrogens with zero attached hydrogens (tertiary/aromatic N) is 1. The maximum absolute atomic E-state index is 10.7. The number of benzene rings is 1. The molecule has 0 fully saturated rings. The molecule has 16 heavy (non-hydrogen) atoms. The third-order valence-electron chi connectivity index (χ3n) is 2.10. The van der Waals surface area contributed by atoms with Gasteiger partial charge in [0.15, 0.2) is 0 Å². The zero-order chi connectivity index (χ0) is 11.4. The van der Waals surface area contributed by atoms with E-state index in [-0.39, 0.29) is 5.69 Å². The van der Waals surface area contributed by atoms with Gasteiger partial charge in [-0.1, -0.05) is 12.1 Å². The van der Waals surface area contributed by atoms with Crippen molar-refractivity contribution in [1.82, 2.24) is 0 Å². The molecule has 0 aliphatic heterocycles. The van der Waals surface area contributed by atoms with Crippen molar-refractivity contribution in [3.8, 4) is 0 Å². The summed E-state index contributed by atoms with van der Waals surface area (Å²) in [5.41, 5.74) is 0.647. The lowest BCUT2D eigenvalue weighted by Crippen LogP contribution is -1.90. The molecule has 2 rings (SSSR count). The predicted octanol–water partition coefficient (Wildman–Crippen LogP) is 3.36. The first-order chi connectivity index (χ1) is 7.77. The SMILES string of the molecule is O=[N+]([O-])c1ccccc1C=Cc1ccco1. The monoisotopic (exact) mass is 215 g/mol. The second kappa shape index (κ2) is 4.44. The van der Waals surface area contributed by atoms with E-state index in [2.05, 4.69) is 0 Å². The Morgan fingerprint density at radius 1 is 1.12 bits per heavy atom. The largest absolute Gasteiger partial charge is 0.465 e. The van der Waals surface area contributed by atoms with Crippen molar-refractivity contribution < 1.29 is 9.34 Å². The Balaban J connectivity index is 2.31. The van der Waals surface area contributed by atoms with E-state index in [1.54, 1.807) is 48.7 Å². The maximum Gasteiger partial charge on any atom is 0.276 e. The number of hydrogen-bond acceptors (Lipinski definition) is 3. The Bertz CT molecular complexity index is 515. The molecule has 0 amide bonds. The van der Waals surface area contributed by atoms with Crippen molar-refractivity contribution in [3.63, 3.8) is 0 Å². The maximum atomic E-state index is 10.7. The van der Waals surface area contributed by atoms with E-state index in [4.69, 9.17) is 4.42 Å². The highest BCUT2D eigenvalue weighted by molar-refractivity contribution is 5.72. The number of hydrogen-bond donors (Lipinski definition) is 0. The van der Waals surface area contributed by atoms with Gasteiger partial charge < -0.3 is 4.42 Å². The summed E-state index contributed by atoms with van der Waals surface area (Å²) in [6.07, 6.45) is 4.92. The molecule has 1 aromatic heterocycles. The summed E-state index contributed by atoms with van der Waals surface area (Å²) in [4.78, 5) is 10.3. The summed E-state index contributed by atoms with van der Waals surface area (Å²) in [7, 11) is 0. The van der Waals surface area contributed by atoms with Crippen molar-refractivity contribution in [2.24, 2.45) is 0 Å². The van der Waals surface area contributed by atoms with Crippen molar-refractivity contribution >= 4 is 17.8 Å². The third-order valence-corrected chi connectivity index (χ3v) is 2.10. The summed E-state index contributed by atoms with van der Waals surface area (Å²) < 4.78 is 5.10. The summed E-state index contributed by atoms with van der Waals surface area (Å²) in [5, 5.41) is 10.7. The first kappa shape index (κ1) is 10.2. The summed E-state index contributed by atoms with van der Waals surface area (Å²) in [5.74, 6) is 0.665. The van der Waals surface area contributed by atoms with Crippen LogP contribution in [0, 0.1) is 10.1 Å². The Labute approximate surface area is 92.0 Å². The second-order valence-corrected chi connectivity index (χ2v) is 3.16. The fraction of sp³-hybridized carbons (Fsp3) is 0. The van der Waals surface area contributed by atoms with Gasteiger partial charge in [0, 0.05) is 6.07 Å². The van der Waals surface area contributed by atoms with Crippen LogP contribution < -0.4 is 0 Å². The fourth-order valence-electron chi connectivity index (χ4n) is 1.35. The van der Waals surface area contributed by atoms with Gasteiger partial charge in [-0.25, -0.2) is 0 Å². The highest BCUT2D eigenvalue weighted by Crippen LogP contribution is 2.20. The quantitative estimate of drug-likeness (QED) is 0.582. The molecule has 0 atom stereocenters. The van der Waals surface area contributed by atoms with Crippen LogP contribution in [0.5, 0.6) is 0 Å². The normalized spacial score (nSPS) is 10.8. The third kappa shape index (κ3) is 2.17. The molecule has 0 radical (unpaired) electrons. The van der Waals surface area contributed by atoms with Gasteiger partial charge >= 0.3 is 0 Å². The lowest BCUT2D eigenvalue weighted by Gasteiger charge is -1.95. The predicted molar refractivity (Wildman–Crippen MR) is 60.7 cm³/mol. The van der Waals surface area contributed by atoms with Crippen molar-refractivity contribution in [3.05, 3.63) is 64.1 Å². The minimum absolute atomic E-state index is 0.0882. The van der Waals surface area contributed by atoms with Gasteiger partial charge in [-0.15, -0.1) is 0 Å². The van der Waals surface area contributed by atoms with Gasteiger partial charge in [0.1, 0.15) is 5.76 Å². The molecule has 0 bridgehead atoms. The molecule has 0 saturated carbocycles. The Morgan fingerprint density at radius 2 is 1.94 bits per heavy atom. The molecule has 0 aliphatic carbocycles. The smallest absolute Gasteiger partial charge is 0.276 e. The molecule has 2 aromatic rings. The summed E-state index contributed by atoms with van der Waals surface area (Å²) in [6, 6.07) is 10.1. The standard InChI is InChI=1S/C12H9NO3/c14-13(15)12-6-2-1-4-10(12)7-8-11-5-3-9-16-11/h1-9H. The van der Waals surface area contributed by atoms with Gasteiger partial charge in [0.2, 0.25) is 0 Å². The van der Waals surface area contributed by atoms with Crippen LogP contribution in [0.25, 0.3) is 12.2 Å². The molecule has 0 saturated heterocycles. The average Bonchev–Trinajstić information content (AvgIpc) is 2.79. The topological polar surface area (TPSA) is 56.3 Å². The fourth-order valence-corrected chi connectivity index (χ4v) is 1.35. The molecular weight excluding hydrogens is 206 g/mol. The zero-order valence-electron chi connectivity index (χ0n) is 8.37. The molecule has 1 aromatic carbocycles. The molecule has 4 heteroatoms. The van der Waals surface area contributed by atoms with Crippen molar-refractivity contribution in [2.45, 2.75) is 0 Å². The number of para-hydroxylation sites is 1. The van der Waals surface area contributed by atoms with E-state index >= 15 is 0 Å². The lowest BCUT2D eigenvalue weighted by atomic mass is 10.1. The molecule has 80 valence electrons. The van der Waals surface area contributed by atoms with Gasteiger partial charge in [-0.05, 0) is 30.4 Å². The Kier molecular flexibility index (Phi) is 2.82. The van der Waals surface area contributed by atoms with Gasteiger partial charge in [-0.2, -0.15) is 0 Å². The van der Waals surface area contributed by atoms with Crippen LogP contribution in [0.4, 0.5) is 5.69 Å². The van der Waals surface area contributed by atoms with Gasteiger partial charge in [-0.3, -0.25) is 10.1 Å². The van der Waals surface area contributed by atoms with Crippen LogP contribution in [0.3, 0.4) is 0 Å². The van der Waals surface area contributed by atoms with Crippen LogP contribution in [-0.2, 0) is 0 Å². The van der Waals surface area contributed by atoms with E-state index < -0.39 is 4.92 Å². The highest BCUT2D eigenvalue weighted by atomic mass is 16.6. The van der Waals surface area contributed by atoms with Crippen molar-refractivity contribution in [2.75, 3.05) is 0 Å². The first-order valence-corrected chi connectivity index (χ1v) is 4.72. The van der Waals surface area contributed by atoms with Gasteiger partial charge in [0.05, 0.1) is 16.7 Å². The van der Waals surface area contributed by atoms with E-state index in [0.717, 1.165) is 0 Å². The van der Waals surface area contributed by atoms with Crippen LogP contribution in [0.15, 0.2) is 47.1 Å². The number of nitro benzene ring substituents is 1. The molecule has 1 heterocycles. The van der Waals surface area contributed by atoms with E-state index in [0.29, 0.717) is 11.3 Å². The molecular formula is C12H9NO3. The minimum Gasteiger partial charge on any atom is -0.465 e. The average molecular weight is 215 g/mol. The van der Waals surface area contributed by atoms with Gasteiger partial charge in [0.25, 0.3) is 5.69 Å². The van der Waals surface area contributed by atoms with Crippen LogP contribution in [0.1, 0.15) is 11.3 Å². The molecule has 4 nitrogen and oxygen atoms in total. The molecule has 0 N–H and O–H groups in total. The molecule has 0 unspecified atom stereocenters. The number of rotatable bonds is 3. The lowest BCUT2D eigenvalue weighted by molar-refractivity contribution is -0.385. The first-order valence-electron chi connectivity index (χ1n) is 4.72. The van der Waals surface area contributed by atoms with E-state index in [1.165, 1.54) is 6.07 Å². The summed E-state index contributed by atoms with van der Waals surface area (Å²) >= 11 is 0. The second-order valence-electron chi connectivity index (χ2n) is 3.16. The van der Waals surface area contributed by atoms with Crippen molar-refractivity contribution in [1.29, 1.82) is 0 Å². The highest BCUT2D eigenvalue weighted by Gasteiger charge is 2.08. The molecule has 0 spiro atoms. The van der Waals surface area contributed by atoms with E-state index in [1.807, 2.05) is 0 Å².